The summed E-state index contributed by atoms with van der Waals surface area (Å²) in [6, 6.07) is 10.9. The number of rotatable bonds is 4. The molecule has 0 bridgehead atoms. The molecular weight excluding hydrogens is 292 g/mol. The van der Waals surface area contributed by atoms with Gasteiger partial charge in [-0.2, -0.15) is 0 Å². The molecule has 6 nitrogen and oxygen atoms in total. The van der Waals surface area contributed by atoms with Crippen molar-refractivity contribution in [2.45, 2.75) is 0 Å². The van der Waals surface area contributed by atoms with Crippen molar-refractivity contribution in [2.24, 2.45) is 0 Å². The number of hydrogen-bond donors (Lipinski definition) is 2. The molecule has 0 spiro atoms. The predicted molar refractivity (Wildman–Crippen MR) is 89.6 cm³/mol. The molecular formula is C17H20N4O2. The Morgan fingerprint density at radius 3 is 2.70 bits per heavy atom. The third kappa shape index (κ3) is 3.91. The van der Waals surface area contributed by atoms with Crippen molar-refractivity contribution in [2.75, 3.05) is 42.9 Å². The van der Waals surface area contributed by atoms with Gasteiger partial charge in [0.25, 0.3) is 0 Å². The number of phenols is 1. The van der Waals surface area contributed by atoms with Crippen molar-refractivity contribution >= 4 is 17.3 Å². The Morgan fingerprint density at radius 1 is 1.17 bits per heavy atom. The molecule has 3 rings (SSSR count). The summed E-state index contributed by atoms with van der Waals surface area (Å²) in [6.45, 7) is 3.18. The molecule has 2 aromatic rings. The number of amides is 1. The summed E-state index contributed by atoms with van der Waals surface area (Å²) >= 11 is 0. The monoisotopic (exact) mass is 312 g/mol. The van der Waals surface area contributed by atoms with Crippen LogP contribution in [0.3, 0.4) is 0 Å². The largest absolute Gasteiger partial charge is 0.508 e. The second kappa shape index (κ2) is 7.00. The number of carbonyl (C=O) groups excluding carboxylic acids is 1. The molecule has 1 aliphatic rings. The fourth-order valence-electron chi connectivity index (χ4n) is 2.66. The fourth-order valence-corrected chi connectivity index (χ4v) is 2.66. The number of benzene rings is 1. The number of aromatic hydroxyl groups is 1. The van der Waals surface area contributed by atoms with Crippen molar-refractivity contribution in [1.29, 1.82) is 0 Å². The molecule has 23 heavy (non-hydrogen) atoms. The van der Waals surface area contributed by atoms with Crippen LogP contribution in [0.4, 0.5) is 11.4 Å². The summed E-state index contributed by atoms with van der Waals surface area (Å²) in [5, 5.41) is 12.6. The zero-order valence-electron chi connectivity index (χ0n) is 12.9. The Hall–Kier alpha value is -2.76. The number of carbonyl (C=O) groups is 1. The minimum absolute atomic E-state index is 0.0874. The predicted octanol–water partition coefficient (Wildman–Crippen LogP) is 1.55. The van der Waals surface area contributed by atoms with Gasteiger partial charge in [-0.25, -0.2) is 0 Å². The van der Waals surface area contributed by atoms with Gasteiger partial charge in [-0.3, -0.25) is 9.78 Å². The molecule has 1 aromatic heterocycles. The number of piperazine rings is 1. The van der Waals surface area contributed by atoms with Crippen LogP contribution < -0.4 is 10.2 Å². The van der Waals surface area contributed by atoms with Gasteiger partial charge in [0.1, 0.15) is 5.75 Å². The van der Waals surface area contributed by atoms with Gasteiger partial charge < -0.3 is 20.2 Å². The lowest BCUT2D eigenvalue weighted by Gasteiger charge is -2.36. The highest BCUT2D eigenvalue weighted by molar-refractivity contribution is 5.81. The highest BCUT2D eigenvalue weighted by Crippen LogP contribution is 2.21. The minimum atomic E-state index is 0.0874. The first-order valence-electron chi connectivity index (χ1n) is 7.68. The summed E-state index contributed by atoms with van der Waals surface area (Å²) in [5.74, 6) is 0.353. The maximum Gasteiger partial charge on any atom is 0.241 e. The quantitative estimate of drug-likeness (QED) is 0.896. The minimum Gasteiger partial charge on any atom is -0.508 e. The summed E-state index contributed by atoms with van der Waals surface area (Å²) in [7, 11) is 0. The summed E-state index contributed by atoms with van der Waals surface area (Å²) < 4.78 is 0. The van der Waals surface area contributed by atoms with Crippen molar-refractivity contribution < 1.29 is 9.90 Å². The van der Waals surface area contributed by atoms with Crippen LogP contribution >= 0.6 is 0 Å². The molecule has 1 saturated heterocycles. The first kappa shape index (κ1) is 15.1. The van der Waals surface area contributed by atoms with Gasteiger partial charge in [-0.15, -0.1) is 0 Å². The normalized spacial score (nSPS) is 14.6. The van der Waals surface area contributed by atoms with Crippen LogP contribution in [0.2, 0.25) is 0 Å². The average molecular weight is 312 g/mol. The molecule has 0 atom stereocenters. The average Bonchev–Trinajstić information content (AvgIpc) is 2.61. The number of nitrogens with zero attached hydrogens (tertiary/aromatic N) is 3. The molecule has 2 heterocycles. The SMILES string of the molecule is O=C(CNc1cccnc1)N1CCN(c2cccc(O)c2)CC1. The molecule has 0 aliphatic carbocycles. The van der Waals surface area contributed by atoms with Crippen LogP contribution in [-0.2, 0) is 4.79 Å². The zero-order chi connectivity index (χ0) is 16.1. The number of anilines is 2. The zero-order valence-corrected chi connectivity index (χ0v) is 12.9. The van der Waals surface area contributed by atoms with Crippen LogP contribution in [0.1, 0.15) is 0 Å². The number of nitrogens with one attached hydrogen (secondary N) is 1. The lowest BCUT2D eigenvalue weighted by molar-refractivity contribution is -0.129. The molecule has 0 unspecified atom stereocenters. The van der Waals surface area contributed by atoms with Crippen molar-refractivity contribution in [3.63, 3.8) is 0 Å². The van der Waals surface area contributed by atoms with E-state index in [0.29, 0.717) is 13.1 Å². The molecule has 1 fully saturated rings. The van der Waals surface area contributed by atoms with E-state index in [1.165, 1.54) is 0 Å². The second-order valence-corrected chi connectivity index (χ2v) is 5.48. The highest BCUT2D eigenvalue weighted by Gasteiger charge is 2.21. The van der Waals surface area contributed by atoms with Gasteiger partial charge in [0, 0.05) is 50.3 Å². The molecule has 2 N–H and O–H groups in total. The topological polar surface area (TPSA) is 68.7 Å². The van der Waals surface area contributed by atoms with E-state index in [4.69, 9.17) is 0 Å². The van der Waals surface area contributed by atoms with Crippen LogP contribution in [0, 0.1) is 0 Å². The van der Waals surface area contributed by atoms with Crippen LogP contribution in [-0.4, -0.2) is 53.6 Å². The second-order valence-electron chi connectivity index (χ2n) is 5.48. The summed E-state index contributed by atoms with van der Waals surface area (Å²) in [4.78, 5) is 20.3. The van der Waals surface area contributed by atoms with Crippen LogP contribution in [0.25, 0.3) is 0 Å². The highest BCUT2D eigenvalue weighted by atomic mass is 16.3. The van der Waals surface area contributed by atoms with E-state index in [1.807, 2.05) is 29.2 Å². The van der Waals surface area contributed by atoms with E-state index >= 15 is 0 Å². The van der Waals surface area contributed by atoms with E-state index in [2.05, 4.69) is 15.2 Å². The van der Waals surface area contributed by atoms with E-state index in [0.717, 1.165) is 24.5 Å². The molecule has 6 heteroatoms. The van der Waals surface area contributed by atoms with E-state index < -0.39 is 0 Å². The summed E-state index contributed by atoms with van der Waals surface area (Å²) in [5.41, 5.74) is 1.84. The third-order valence-corrected chi connectivity index (χ3v) is 3.93. The maximum absolute atomic E-state index is 12.3. The lowest BCUT2D eigenvalue weighted by Crippen LogP contribution is -2.50. The van der Waals surface area contributed by atoms with Gasteiger partial charge in [0.05, 0.1) is 12.2 Å². The lowest BCUT2D eigenvalue weighted by atomic mass is 10.2. The molecule has 1 amide bonds. The number of pyridine rings is 1. The van der Waals surface area contributed by atoms with E-state index in [1.54, 1.807) is 24.5 Å². The number of aromatic nitrogens is 1. The van der Waals surface area contributed by atoms with Crippen LogP contribution in [0.5, 0.6) is 5.75 Å². The molecule has 0 saturated carbocycles. The van der Waals surface area contributed by atoms with Crippen molar-refractivity contribution in [3.8, 4) is 5.75 Å². The van der Waals surface area contributed by atoms with Crippen LogP contribution in [0.15, 0.2) is 48.8 Å². The number of hydrogen-bond acceptors (Lipinski definition) is 5. The van der Waals surface area contributed by atoms with Crippen molar-refractivity contribution in [1.82, 2.24) is 9.88 Å². The smallest absolute Gasteiger partial charge is 0.241 e. The first-order chi connectivity index (χ1) is 11.2. The third-order valence-electron chi connectivity index (χ3n) is 3.93. The Morgan fingerprint density at radius 2 is 2.00 bits per heavy atom. The Labute approximate surface area is 135 Å². The molecule has 0 radical (unpaired) electrons. The van der Waals surface area contributed by atoms with Gasteiger partial charge in [-0.05, 0) is 24.3 Å². The van der Waals surface area contributed by atoms with E-state index in [9.17, 15) is 9.90 Å². The standard InChI is InChI=1S/C17H20N4O2/c22-16-5-1-4-15(11-16)20-7-9-21(10-8-20)17(23)13-19-14-3-2-6-18-12-14/h1-6,11-12,19,22H,7-10,13H2. The van der Waals surface area contributed by atoms with Gasteiger partial charge in [0.15, 0.2) is 0 Å². The Kier molecular flexibility index (Phi) is 4.61. The van der Waals surface area contributed by atoms with Gasteiger partial charge in [0.2, 0.25) is 5.91 Å². The van der Waals surface area contributed by atoms with Crippen molar-refractivity contribution in [3.05, 3.63) is 48.8 Å². The molecule has 120 valence electrons. The Bertz CT molecular complexity index is 655. The van der Waals surface area contributed by atoms with Gasteiger partial charge in [-0.1, -0.05) is 6.07 Å². The summed E-state index contributed by atoms with van der Waals surface area (Å²) in [6.07, 6.45) is 3.40. The van der Waals surface area contributed by atoms with Gasteiger partial charge >= 0.3 is 0 Å². The number of phenolic OH excluding ortho intramolecular Hbond substituents is 1. The molecule has 1 aliphatic heterocycles. The fraction of sp³-hybridized carbons (Fsp3) is 0.294. The first-order valence-corrected chi connectivity index (χ1v) is 7.68. The van der Waals surface area contributed by atoms with E-state index in [-0.39, 0.29) is 18.2 Å². The Balaban J connectivity index is 1.49. The maximum atomic E-state index is 12.3. The molecule has 1 aromatic carbocycles.